The molecule has 0 bridgehead atoms. The van der Waals surface area contributed by atoms with Crippen LogP contribution >= 0.6 is 0 Å². The number of rotatable bonds is 2. The lowest BCUT2D eigenvalue weighted by atomic mass is 10.0. The number of hydrogen-bond acceptors (Lipinski definition) is 2. The highest BCUT2D eigenvalue weighted by Gasteiger charge is 2.14. The molecule has 0 aromatic heterocycles. The van der Waals surface area contributed by atoms with Gasteiger partial charge in [0.2, 0.25) is 5.91 Å². The van der Waals surface area contributed by atoms with Crippen molar-refractivity contribution in [3.8, 4) is 0 Å². The Hall–Kier alpha value is -2.03. The topological polar surface area (TPSA) is 41.1 Å². The number of amides is 1. The first-order valence-electron chi connectivity index (χ1n) is 4.71. The van der Waals surface area contributed by atoms with E-state index in [-0.39, 0.29) is 5.91 Å². The molecule has 0 saturated carbocycles. The third-order valence-electron chi connectivity index (χ3n) is 2.38. The van der Waals surface area contributed by atoms with E-state index in [1.165, 1.54) is 0 Å². The van der Waals surface area contributed by atoms with Crippen LogP contribution in [0, 0.1) is 0 Å². The SMILES string of the molecule is C=Cc1cc2c(cc1C=C)NC(=O)CN2. The van der Waals surface area contributed by atoms with Crippen LogP contribution in [0.1, 0.15) is 11.1 Å². The van der Waals surface area contributed by atoms with Crippen molar-refractivity contribution >= 4 is 29.4 Å². The zero-order valence-electron chi connectivity index (χ0n) is 8.34. The summed E-state index contributed by atoms with van der Waals surface area (Å²) in [7, 11) is 0. The highest BCUT2D eigenvalue weighted by atomic mass is 16.2. The predicted octanol–water partition coefficient (Wildman–Crippen LogP) is 2.34. The van der Waals surface area contributed by atoms with Crippen LogP contribution in [0.2, 0.25) is 0 Å². The molecule has 2 N–H and O–H groups in total. The lowest BCUT2D eigenvalue weighted by Crippen LogP contribution is -2.27. The zero-order valence-corrected chi connectivity index (χ0v) is 8.34. The first-order chi connectivity index (χ1) is 7.24. The average molecular weight is 200 g/mol. The van der Waals surface area contributed by atoms with E-state index < -0.39 is 0 Å². The van der Waals surface area contributed by atoms with Crippen molar-refractivity contribution in [1.29, 1.82) is 0 Å². The molecule has 3 nitrogen and oxygen atoms in total. The van der Waals surface area contributed by atoms with Crippen LogP contribution < -0.4 is 10.6 Å². The maximum absolute atomic E-state index is 11.2. The maximum atomic E-state index is 11.2. The van der Waals surface area contributed by atoms with Crippen LogP contribution in [0.3, 0.4) is 0 Å². The van der Waals surface area contributed by atoms with Gasteiger partial charge in [0, 0.05) is 0 Å². The molecule has 3 heteroatoms. The Labute approximate surface area is 88.5 Å². The molecule has 2 rings (SSSR count). The van der Waals surface area contributed by atoms with E-state index in [0.717, 1.165) is 22.5 Å². The Bertz CT molecular complexity index is 449. The predicted molar refractivity (Wildman–Crippen MR) is 63.7 cm³/mol. The second kappa shape index (κ2) is 3.61. The third-order valence-corrected chi connectivity index (χ3v) is 2.38. The molecule has 1 aliphatic heterocycles. The summed E-state index contributed by atoms with van der Waals surface area (Å²) < 4.78 is 0. The second-order valence-electron chi connectivity index (χ2n) is 3.34. The monoisotopic (exact) mass is 200 g/mol. The number of fused-ring (bicyclic) bond motifs is 1. The normalized spacial score (nSPS) is 13.5. The van der Waals surface area contributed by atoms with Gasteiger partial charge in [0.15, 0.2) is 0 Å². The summed E-state index contributed by atoms with van der Waals surface area (Å²) in [6.07, 6.45) is 3.52. The minimum absolute atomic E-state index is 0.0242. The van der Waals surface area contributed by atoms with E-state index in [9.17, 15) is 4.79 Å². The van der Waals surface area contributed by atoms with Gasteiger partial charge in [-0.2, -0.15) is 0 Å². The molecule has 15 heavy (non-hydrogen) atoms. The van der Waals surface area contributed by atoms with Crippen molar-refractivity contribution in [1.82, 2.24) is 0 Å². The van der Waals surface area contributed by atoms with Gasteiger partial charge in [-0.05, 0) is 23.3 Å². The first kappa shape index (κ1) is 9.52. The van der Waals surface area contributed by atoms with Crippen LogP contribution in [0.4, 0.5) is 11.4 Å². The molecule has 0 fully saturated rings. The summed E-state index contributed by atoms with van der Waals surface area (Å²) in [4.78, 5) is 11.2. The molecular weight excluding hydrogens is 188 g/mol. The van der Waals surface area contributed by atoms with E-state index in [2.05, 4.69) is 23.8 Å². The highest BCUT2D eigenvalue weighted by molar-refractivity contribution is 6.01. The van der Waals surface area contributed by atoms with Crippen LogP contribution in [0.5, 0.6) is 0 Å². The van der Waals surface area contributed by atoms with Crippen LogP contribution in [-0.4, -0.2) is 12.5 Å². The number of carbonyl (C=O) groups excluding carboxylic acids is 1. The van der Waals surface area contributed by atoms with E-state index in [1.54, 1.807) is 12.2 Å². The van der Waals surface area contributed by atoms with Gasteiger partial charge in [0.1, 0.15) is 0 Å². The second-order valence-corrected chi connectivity index (χ2v) is 3.34. The Morgan fingerprint density at radius 3 is 2.33 bits per heavy atom. The summed E-state index contributed by atoms with van der Waals surface area (Å²) in [5, 5.41) is 5.85. The van der Waals surface area contributed by atoms with Crippen LogP contribution in [0.25, 0.3) is 12.2 Å². The van der Waals surface area contributed by atoms with E-state index in [1.807, 2.05) is 12.1 Å². The summed E-state index contributed by atoms with van der Waals surface area (Å²) in [6, 6.07) is 3.85. The molecule has 1 aromatic rings. The van der Waals surface area contributed by atoms with Crippen LogP contribution in [0.15, 0.2) is 25.3 Å². The number of anilines is 2. The van der Waals surface area contributed by atoms with Gasteiger partial charge in [-0.3, -0.25) is 4.79 Å². The molecule has 0 aliphatic carbocycles. The summed E-state index contributed by atoms with van der Waals surface area (Å²) in [5.74, 6) is -0.0242. The van der Waals surface area contributed by atoms with E-state index in [0.29, 0.717) is 6.54 Å². The molecule has 1 aromatic carbocycles. The van der Waals surface area contributed by atoms with Crippen LogP contribution in [-0.2, 0) is 4.79 Å². The van der Waals surface area contributed by atoms with Gasteiger partial charge in [0.05, 0.1) is 17.9 Å². The fourth-order valence-electron chi connectivity index (χ4n) is 1.61. The van der Waals surface area contributed by atoms with Crippen molar-refractivity contribution in [2.24, 2.45) is 0 Å². The average Bonchev–Trinajstić information content (AvgIpc) is 2.27. The molecule has 0 spiro atoms. The number of carbonyl (C=O) groups is 1. The summed E-state index contributed by atoms with van der Waals surface area (Å²) >= 11 is 0. The molecule has 1 heterocycles. The number of benzene rings is 1. The Morgan fingerprint density at radius 2 is 1.73 bits per heavy atom. The van der Waals surface area contributed by atoms with Gasteiger partial charge in [-0.15, -0.1) is 0 Å². The maximum Gasteiger partial charge on any atom is 0.243 e. The largest absolute Gasteiger partial charge is 0.374 e. The van der Waals surface area contributed by atoms with Gasteiger partial charge < -0.3 is 10.6 Å². The molecule has 76 valence electrons. The van der Waals surface area contributed by atoms with Gasteiger partial charge >= 0.3 is 0 Å². The molecule has 0 saturated heterocycles. The number of nitrogens with one attached hydrogen (secondary N) is 2. The molecule has 0 unspecified atom stereocenters. The van der Waals surface area contributed by atoms with Gasteiger partial charge in [-0.25, -0.2) is 0 Å². The quantitative estimate of drug-likeness (QED) is 0.769. The lowest BCUT2D eigenvalue weighted by molar-refractivity contribution is -0.114. The standard InChI is InChI=1S/C12H12N2O/c1-3-8-5-10-11(6-9(8)4-2)14-12(15)7-13-10/h3-6,13H,1-2,7H2,(H,14,15). The van der Waals surface area contributed by atoms with E-state index in [4.69, 9.17) is 0 Å². The molecule has 0 radical (unpaired) electrons. The lowest BCUT2D eigenvalue weighted by Gasteiger charge is -2.20. The zero-order chi connectivity index (χ0) is 10.8. The minimum atomic E-state index is -0.0242. The van der Waals surface area contributed by atoms with Gasteiger partial charge in [0.25, 0.3) is 0 Å². The van der Waals surface area contributed by atoms with Crippen molar-refractivity contribution < 1.29 is 4.79 Å². The number of hydrogen-bond donors (Lipinski definition) is 2. The molecule has 1 amide bonds. The van der Waals surface area contributed by atoms with Crippen molar-refractivity contribution in [2.75, 3.05) is 17.2 Å². The Morgan fingerprint density at radius 1 is 1.13 bits per heavy atom. The minimum Gasteiger partial charge on any atom is -0.374 e. The molecule has 1 aliphatic rings. The van der Waals surface area contributed by atoms with Crippen molar-refractivity contribution in [3.05, 3.63) is 36.4 Å². The smallest absolute Gasteiger partial charge is 0.243 e. The molecule has 0 atom stereocenters. The van der Waals surface area contributed by atoms with Crippen molar-refractivity contribution in [3.63, 3.8) is 0 Å². The summed E-state index contributed by atoms with van der Waals surface area (Å²) in [6.45, 7) is 7.78. The first-order valence-corrected chi connectivity index (χ1v) is 4.71. The summed E-state index contributed by atoms with van der Waals surface area (Å²) in [5.41, 5.74) is 3.70. The Balaban J connectivity index is 2.54. The fraction of sp³-hybridized carbons (Fsp3) is 0.0833. The highest BCUT2D eigenvalue weighted by Crippen LogP contribution is 2.29. The Kier molecular flexibility index (Phi) is 2.29. The van der Waals surface area contributed by atoms with E-state index >= 15 is 0 Å². The molecular formula is C12H12N2O. The van der Waals surface area contributed by atoms with Gasteiger partial charge in [-0.1, -0.05) is 25.3 Å². The third kappa shape index (κ3) is 1.64. The van der Waals surface area contributed by atoms with Crippen molar-refractivity contribution in [2.45, 2.75) is 0 Å². The fourth-order valence-corrected chi connectivity index (χ4v) is 1.61.